The Balaban J connectivity index is 1.84. The van der Waals surface area contributed by atoms with Gasteiger partial charge in [-0.25, -0.2) is 0 Å². The minimum atomic E-state index is -0.740. The first-order chi connectivity index (χ1) is 14.0. The summed E-state index contributed by atoms with van der Waals surface area (Å²) in [7, 11) is 1.30. The van der Waals surface area contributed by atoms with E-state index in [2.05, 4.69) is 5.32 Å². The molecule has 4 rings (SSSR count). The molecule has 0 unspecified atom stereocenters. The third-order valence-corrected chi connectivity index (χ3v) is 4.74. The van der Waals surface area contributed by atoms with Gasteiger partial charge in [0.1, 0.15) is 11.9 Å². The molecule has 1 aliphatic rings. The number of para-hydroxylation sites is 1. The molecule has 1 atom stereocenters. The van der Waals surface area contributed by atoms with Crippen LogP contribution >= 0.6 is 0 Å². The standard InChI is InChI=1S/C20H17N3O6/c1-28-17-10-12(9-16(18(17)24)23(26)27)19-21-15-7-3-2-6-14(15)20(25)22(19)11-13-5-4-8-29-13/h2-10,19,21,24H,11H2,1H3/t19-/m1/s1. The Morgan fingerprint density at radius 2 is 2.07 bits per heavy atom. The van der Waals surface area contributed by atoms with Gasteiger partial charge in [0.2, 0.25) is 5.75 Å². The van der Waals surface area contributed by atoms with E-state index in [0.29, 0.717) is 22.6 Å². The Labute approximate surface area is 165 Å². The number of nitro benzene ring substituents is 1. The second-order valence-corrected chi connectivity index (χ2v) is 6.45. The monoisotopic (exact) mass is 395 g/mol. The highest BCUT2D eigenvalue weighted by molar-refractivity contribution is 6.01. The maximum absolute atomic E-state index is 13.2. The molecular formula is C20H17N3O6. The molecule has 0 bridgehead atoms. The Kier molecular flexibility index (Phi) is 4.55. The second kappa shape index (κ2) is 7.19. The van der Waals surface area contributed by atoms with Crippen LogP contribution in [0.4, 0.5) is 11.4 Å². The van der Waals surface area contributed by atoms with Gasteiger partial charge in [0.05, 0.1) is 30.4 Å². The molecule has 1 aromatic heterocycles. The summed E-state index contributed by atoms with van der Waals surface area (Å²) >= 11 is 0. The number of carbonyl (C=O) groups excluding carboxylic acids is 1. The van der Waals surface area contributed by atoms with Gasteiger partial charge < -0.3 is 24.5 Å². The first-order valence-electron chi connectivity index (χ1n) is 8.74. The van der Waals surface area contributed by atoms with Crippen molar-refractivity contribution in [3.8, 4) is 11.5 Å². The van der Waals surface area contributed by atoms with Gasteiger partial charge in [-0.15, -0.1) is 0 Å². The first-order valence-corrected chi connectivity index (χ1v) is 8.74. The van der Waals surface area contributed by atoms with Crippen molar-refractivity contribution in [2.24, 2.45) is 0 Å². The number of amides is 1. The highest BCUT2D eigenvalue weighted by atomic mass is 16.6. The van der Waals surface area contributed by atoms with Gasteiger partial charge in [0.15, 0.2) is 5.75 Å². The zero-order chi connectivity index (χ0) is 20.5. The molecule has 9 heteroatoms. The van der Waals surface area contributed by atoms with E-state index in [1.807, 2.05) is 0 Å². The summed E-state index contributed by atoms with van der Waals surface area (Å²) in [5, 5.41) is 24.7. The summed E-state index contributed by atoms with van der Waals surface area (Å²) in [6, 6.07) is 13.2. The Hall–Kier alpha value is -4.01. The maximum atomic E-state index is 13.2. The molecule has 0 aliphatic carbocycles. The molecule has 29 heavy (non-hydrogen) atoms. The number of phenols is 1. The number of nitrogens with zero attached hydrogens (tertiary/aromatic N) is 2. The molecule has 0 saturated heterocycles. The number of ether oxygens (including phenoxy) is 1. The van der Waals surface area contributed by atoms with Crippen LogP contribution in [-0.2, 0) is 6.54 Å². The van der Waals surface area contributed by atoms with Crippen molar-refractivity contribution in [2.45, 2.75) is 12.7 Å². The number of fused-ring (bicyclic) bond motifs is 1. The number of methoxy groups -OCH3 is 1. The molecule has 0 saturated carbocycles. The summed E-state index contributed by atoms with van der Waals surface area (Å²) in [6.07, 6.45) is 0.768. The van der Waals surface area contributed by atoms with Gasteiger partial charge in [-0.3, -0.25) is 14.9 Å². The number of hydrogen-bond acceptors (Lipinski definition) is 7. The lowest BCUT2D eigenvalue weighted by atomic mass is 10.0. The van der Waals surface area contributed by atoms with E-state index in [0.717, 1.165) is 0 Å². The topological polar surface area (TPSA) is 118 Å². The van der Waals surface area contributed by atoms with Gasteiger partial charge >= 0.3 is 5.69 Å². The van der Waals surface area contributed by atoms with Crippen LogP contribution in [0.15, 0.2) is 59.2 Å². The average Bonchev–Trinajstić information content (AvgIpc) is 3.23. The number of rotatable bonds is 5. The van der Waals surface area contributed by atoms with Gasteiger partial charge in [-0.1, -0.05) is 12.1 Å². The van der Waals surface area contributed by atoms with Crippen LogP contribution in [0.5, 0.6) is 11.5 Å². The SMILES string of the molecule is COc1cc([C@@H]2Nc3ccccc3C(=O)N2Cc2ccco2)cc([N+](=O)[O-])c1O. The zero-order valence-corrected chi connectivity index (χ0v) is 15.4. The third kappa shape index (κ3) is 3.22. The third-order valence-electron chi connectivity index (χ3n) is 4.74. The van der Waals surface area contributed by atoms with E-state index in [4.69, 9.17) is 9.15 Å². The molecule has 2 N–H and O–H groups in total. The van der Waals surface area contributed by atoms with Crippen LogP contribution in [-0.4, -0.2) is 27.9 Å². The number of anilines is 1. The average molecular weight is 395 g/mol. The van der Waals surface area contributed by atoms with E-state index < -0.39 is 22.5 Å². The lowest BCUT2D eigenvalue weighted by molar-refractivity contribution is -0.386. The largest absolute Gasteiger partial charge is 0.500 e. The molecular weight excluding hydrogens is 378 g/mol. The van der Waals surface area contributed by atoms with Crippen molar-refractivity contribution >= 4 is 17.3 Å². The lowest BCUT2D eigenvalue weighted by Gasteiger charge is -2.37. The number of aromatic hydroxyl groups is 1. The van der Waals surface area contributed by atoms with Crippen LogP contribution in [0.2, 0.25) is 0 Å². The molecule has 1 aliphatic heterocycles. The summed E-state index contributed by atoms with van der Waals surface area (Å²) in [5.41, 5.74) is 0.967. The summed E-state index contributed by atoms with van der Waals surface area (Å²) in [6.45, 7) is 0.148. The molecule has 148 valence electrons. The summed E-state index contributed by atoms with van der Waals surface area (Å²) < 4.78 is 10.5. The lowest BCUT2D eigenvalue weighted by Crippen LogP contribution is -2.42. The van der Waals surface area contributed by atoms with Crippen molar-refractivity contribution in [1.82, 2.24) is 4.90 Å². The number of benzene rings is 2. The normalized spacial score (nSPS) is 15.6. The fourth-order valence-corrected chi connectivity index (χ4v) is 3.36. The zero-order valence-electron chi connectivity index (χ0n) is 15.4. The highest BCUT2D eigenvalue weighted by Gasteiger charge is 2.35. The number of hydrogen-bond donors (Lipinski definition) is 2. The highest BCUT2D eigenvalue weighted by Crippen LogP contribution is 2.42. The van der Waals surface area contributed by atoms with Crippen molar-refractivity contribution in [3.05, 3.63) is 81.8 Å². The molecule has 9 nitrogen and oxygen atoms in total. The van der Waals surface area contributed by atoms with Crippen molar-refractivity contribution in [2.75, 3.05) is 12.4 Å². The van der Waals surface area contributed by atoms with Crippen molar-refractivity contribution in [3.63, 3.8) is 0 Å². The Morgan fingerprint density at radius 1 is 1.28 bits per heavy atom. The number of nitro groups is 1. The van der Waals surface area contributed by atoms with Crippen LogP contribution in [0.25, 0.3) is 0 Å². The molecule has 2 heterocycles. The van der Waals surface area contributed by atoms with Crippen molar-refractivity contribution < 1.29 is 24.0 Å². The fourth-order valence-electron chi connectivity index (χ4n) is 3.36. The van der Waals surface area contributed by atoms with E-state index in [9.17, 15) is 20.0 Å². The van der Waals surface area contributed by atoms with Crippen molar-refractivity contribution in [1.29, 1.82) is 0 Å². The minimum absolute atomic E-state index is 0.0553. The number of carbonyl (C=O) groups is 1. The van der Waals surface area contributed by atoms with E-state index in [1.54, 1.807) is 36.4 Å². The molecule has 0 radical (unpaired) electrons. The Bertz CT molecular complexity index is 1080. The van der Waals surface area contributed by atoms with Gasteiger partial charge in [0.25, 0.3) is 5.91 Å². The van der Waals surface area contributed by atoms with E-state index >= 15 is 0 Å². The maximum Gasteiger partial charge on any atom is 0.315 e. The van der Waals surface area contributed by atoms with Gasteiger partial charge in [0, 0.05) is 17.3 Å². The predicted molar refractivity (Wildman–Crippen MR) is 103 cm³/mol. The number of phenolic OH excluding ortho intramolecular Hbond substituents is 1. The van der Waals surface area contributed by atoms with Gasteiger partial charge in [-0.2, -0.15) is 0 Å². The molecule has 0 fully saturated rings. The van der Waals surface area contributed by atoms with Crippen LogP contribution in [0, 0.1) is 10.1 Å². The predicted octanol–water partition coefficient (Wildman–Crippen LogP) is 3.67. The summed E-state index contributed by atoms with van der Waals surface area (Å²) in [4.78, 5) is 25.4. The number of furan rings is 1. The summed E-state index contributed by atoms with van der Waals surface area (Å²) in [5.74, 6) is -0.318. The van der Waals surface area contributed by atoms with Crippen LogP contribution in [0.1, 0.15) is 27.8 Å². The first kappa shape index (κ1) is 18.4. The second-order valence-electron chi connectivity index (χ2n) is 6.45. The molecule has 0 spiro atoms. The molecule has 3 aromatic rings. The molecule has 1 amide bonds. The van der Waals surface area contributed by atoms with E-state index in [1.165, 1.54) is 30.4 Å². The quantitative estimate of drug-likeness (QED) is 0.500. The molecule has 2 aromatic carbocycles. The smallest absolute Gasteiger partial charge is 0.315 e. The van der Waals surface area contributed by atoms with Crippen LogP contribution in [0.3, 0.4) is 0 Å². The van der Waals surface area contributed by atoms with Gasteiger partial charge in [-0.05, 0) is 30.3 Å². The van der Waals surface area contributed by atoms with E-state index in [-0.39, 0.29) is 18.2 Å². The Morgan fingerprint density at radius 3 is 2.76 bits per heavy atom. The number of nitrogens with one attached hydrogen (secondary N) is 1. The minimum Gasteiger partial charge on any atom is -0.500 e. The fraction of sp³-hybridized carbons (Fsp3) is 0.150. The van der Waals surface area contributed by atoms with Crippen LogP contribution < -0.4 is 10.1 Å².